The maximum Gasteiger partial charge on any atom is 0.418 e. The van der Waals surface area contributed by atoms with Crippen LogP contribution in [0.1, 0.15) is 47.0 Å². The SMILES string of the molecule is C[C@H](NC(=O)NC(c1ccc(C(F)(F)F)cc1)c1ncccc1C(F)(F)F)c1ccccc1. The van der Waals surface area contributed by atoms with Gasteiger partial charge in [-0.05, 0) is 42.3 Å². The lowest BCUT2D eigenvalue weighted by Crippen LogP contribution is -2.40. The van der Waals surface area contributed by atoms with Gasteiger partial charge in [-0.25, -0.2) is 4.79 Å². The highest BCUT2D eigenvalue weighted by molar-refractivity contribution is 5.75. The number of carbonyl (C=O) groups excluding carboxylic acids is 1. The molecule has 0 saturated heterocycles. The number of hydrogen-bond donors (Lipinski definition) is 2. The Morgan fingerprint density at radius 1 is 0.788 bits per heavy atom. The van der Waals surface area contributed by atoms with Crippen molar-refractivity contribution in [3.63, 3.8) is 0 Å². The second-order valence-electron chi connectivity index (χ2n) is 7.24. The fourth-order valence-electron chi connectivity index (χ4n) is 3.26. The molecule has 0 aliphatic carbocycles. The Morgan fingerprint density at radius 2 is 1.42 bits per heavy atom. The fraction of sp³-hybridized carbons (Fsp3) is 0.217. The van der Waals surface area contributed by atoms with E-state index in [2.05, 4.69) is 15.6 Å². The lowest BCUT2D eigenvalue weighted by atomic mass is 9.98. The van der Waals surface area contributed by atoms with Crippen LogP contribution in [0.4, 0.5) is 31.1 Å². The van der Waals surface area contributed by atoms with Crippen LogP contribution in [0.5, 0.6) is 0 Å². The van der Waals surface area contributed by atoms with E-state index < -0.39 is 47.3 Å². The van der Waals surface area contributed by atoms with E-state index in [0.717, 1.165) is 48.2 Å². The highest BCUT2D eigenvalue weighted by Gasteiger charge is 2.37. The van der Waals surface area contributed by atoms with Crippen molar-refractivity contribution in [2.75, 3.05) is 0 Å². The number of hydrogen-bond acceptors (Lipinski definition) is 2. The molecule has 0 fully saturated rings. The van der Waals surface area contributed by atoms with Crippen molar-refractivity contribution in [2.45, 2.75) is 31.4 Å². The molecule has 2 amide bonds. The molecule has 2 aromatic carbocycles. The van der Waals surface area contributed by atoms with E-state index in [1.807, 2.05) is 0 Å². The first-order chi connectivity index (χ1) is 15.5. The first-order valence-electron chi connectivity index (χ1n) is 9.78. The Balaban J connectivity index is 1.95. The van der Waals surface area contributed by atoms with Crippen LogP contribution in [0, 0.1) is 0 Å². The van der Waals surface area contributed by atoms with Gasteiger partial charge in [-0.15, -0.1) is 0 Å². The predicted octanol–water partition coefficient (Wildman–Crippen LogP) is 6.27. The molecule has 33 heavy (non-hydrogen) atoms. The normalized spacial score (nSPS) is 13.8. The summed E-state index contributed by atoms with van der Waals surface area (Å²) in [5.74, 6) is 0. The minimum absolute atomic E-state index is 0.00899. The maximum atomic E-state index is 13.6. The number of benzene rings is 2. The monoisotopic (exact) mass is 467 g/mol. The number of nitrogens with zero attached hydrogens (tertiary/aromatic N) is 1. The molecule has 0 spiro atoms. The van der Waals surface area contributed by atoms with Gasteiger partial charge >= 0.3 is 18.4 Å². The Bertz CT molecular complexity index is 1080. The molecule has 0 saturated carbocycles. The summed E-state index contributed by atoms with van der Waals surface area (Å²) in [6.07, 6.45) is -8.29. The number of urea groups is 1. The molecule has 1 aromatic heterocycles. The third-order valence-electron chi connectivity index (χ3n) is 4.91. The third kappa shape index (κ3) is 6.03. The van der Waals surface area contributed by atoms with Crippen molar-refractivity contribution in [2.24, 2.45) is 0 Å². The number of pyridine rings is 1. The molecule has 1 heterocycles. The van der Waals surface area contributed by atoms with Crippen LogP contribution in [0.3, 0.4) is 0 Å². The first-order valence-corrected chi connectivity index (χ1v) is 9.78. The van der Waals surface area contributed by atoms with Crippen molar-refractivity contribution in [3.8, 4) is 0 Å². The average molecular weight is 467 g/mol. The summed E-state index contributed by atoms with van der Waals surface area (Å²) in [6.45, 7) is 1.68. The Hall–Kier alpha value is -3.56. The molecule has 2 atom stereocenters. The third-order valence-corrected chi connectivity index (χ3v) is 4.91. The van der Waals surface area contributed by atoms with Gasteiger partial charge in [0.2, 0.25) is 0 Å². The lowest BCUT2D eigenvalue weighted by Gasteiger charge is -2.24. The van der Waals surface area contributed by atoms with E-state index in [9.17, 15) is 31.1 Å². The van der Waals surface area contributed by atoms with Crippen LogP contribution in [0.25, 0.3) is 0 Å². The van der Waals surface area contributed by atoms with Crippen molar-refractivity contribution in [1.29, 1.82) is 0 Å². The number of nitrogens with one attached hydrogen (secondary N) is 2. The summed E-state index contributed by atoms with van der Waals surface area (Å²) < 4.78 is 79.6. The number of rotatable bonds is 5. The van der Waals surface area contributed by atoms with E-state index in [-0.39, 0.29) is 5.56 Å². The molecule has 0 aliphatic rings. The fourth-order valence-corrected chi connectivity index (χ4v) is 3.26. The molecule has 0 bridgehead atoms. The standard InChI is InChI=1S/C23H19F6N3O/c1-14(15-6-3-2-4-7-15)31-21(33)32-19(16-9-11-17(12-10-16)22(24,25)26)20-18(23(27,28)29)8-5-13-30-20/h2-14,19H,1H3,(H2,31,32,33)/t14-,19?/m0/s1. The lowest BCUT2D eigenvalue weighted by molar-refractivity contribution is -0.139. The van der Waals surface area contributed by atoms with Gasteiger partial charge in [0.1, 0.15) is 0 Å². The van der Waals surface area contributed by atoms with E-state index in [1.165, 1.54) is 0 Å². The van der Waals surface area contributed by atoms with Gasteiger partial charge < -0.3 is 10.6 Å². The zero-order chi connectivity index (χ0) is 24.2. The smallest absolute Gasteiger partial charge is 0.332 e. The van der Waals surface area contributed by atoms with Gasteiger partial charge in [0.05, 0.1) is 28.9 Å². The van der Waals surface area contributed by atoms with E-state index in [4.69, 9.17) is 0 Å². The number of amides is 2. The van der Waals surface area contributed by atoms with Crippen molar-refractivity contribution in [3.05, 3.63) is 101 Å². The molecule has 1 unspecified atom stereocenters. The molecule has 174 valence electrons. The topological polar surface area (TPSA) is 54.0 Å². The summed E-state index contributed by atoms with van der Waals surface area (Å²) in [4.78, 5) is 16.5. The Labute approximate surface area is 185 Å². The zero-order valence-electron chi connectivity index (χ0n) is 17.2. The largest absolute Gasteiger partial charge is 0.418 e. The van der Waals surface area contributed by atoms with Gasteiger partial charge in [-0.3, -0.25) is 4.98 Å². The van der Waals surface area contributed by atoms with Gasteiger partial charge in [-0.2, -0.15) is 26.3 Å². The van der Waals surface area contributed by atoms with Crippen molar-refractivity contribution >= 4 is 6.03 Å². The molecule has 0 radical (unpaired) electrons. The van der Waals surface area contributed by atoms with Crippen LogP contribution in [-0.2, 0) is 12.4 Å². The molecule has 2 N–H and O–H groups in total. The summed E-state index contributed by atoms with van der Waals surface area (Å²) >= 11 is 0. The van der Waals surface area contributed by atoms with Crippen molar-refractivity contribution < 1.29 is 31.1 Å². The van der Waals surface area contributed by atoms with Crippen LogP contribution in [0.15, 0.2) is 72.9 Å². The highest BCUT2D eigenvalue weighted by atomic mass is 19.4. The predicted molar refractivity (Wildman–Crippen MR) is 109 cm³/mol. The molecular formula is C23H19F6N3O. The zero-order valence-corrected chi connectivity index (χ0v) is 17.2. The molecule has 10 heteroatoms. The highest BCUT2D eigenvalue weighted by Crippen LogP contribution is 2.36. The molecular weight excluding hydrogens is 448 g/mol. The second-order valence-corrected chi connectivity index (χ2v) is 7.24. The number of carbonyl (C=O) groups is 1. The summed E-state index contributed by atoms with van der Waals surface area (Å²) in [6, 6.07) is 11.5. The second kappa shape index (κ2) is 9.51. The van der Waals surface area contributed by atoms with Gasteiger partial charge in [-0.1, -0.05) is 42.5 Å². The molecule has 4 nitrogen and oxygen atoms in total. The maximum absolute atomic E-state index is 13.6. The number of halogens is 6. The summed E-state index contributed by atoms with van der Waals surface area (Å²) in [7, 11) is 0. The molecule has 0 aliphatic heterocycles. The first kappa shape index (κ1) is 24.1. The van der Waals surface area contributed by atoms with E-state index >= 15 is 0 Å². The van der Waals surface area contributed by atoms with Crippen LogP contribution >= 0.6 is 0 Å². The molecule has 3 aromatic rings. The number of alkyl halides is 6. The Kier molecular flexibility index (Phi) is 6.95. The van der Waals surface area contributed by atoms with E-state index in [0.29, 0.717) is 0 Å². The van der Waals surface area contributed by atoms with Crippen molar-refractivity contribution in [1.82, 2.24) is 15.6 Å². The minimum Gasteiger partial charge on any atom is -0.332 e. The van der Waals surface area contributed by atoms with Gasteiger partial charge in [0, 0.05) is 6.20 Å². The van der Waals surface area contributed by atoms with Crippen LogP contribution in [0.2, 0.25) is 0 Å². The average Bonchev–Trinajstić information content (AvgIpc) is 2.77. The summed E-state index contributed by atoms with van der Waals surface area (Å²) in [5.41, 5.74) is -1.84. The quantitative estimate of drug-likeness (QED) is 0.435. The number of aromatic nitrogens is 1. The minimum atomic E-state index is -4.79. The van der Waals surface area contributed by atoms with Gasteiger partial charge in [0.15, 0.2) is 0 Å². The molecule has 3 rings (SSSR count). The van der Waals surface area contributed by atoms with Crippen LogP contribution in [-0.4, -0.2) is 11.0 Å². The summed E-state index contributed by atoms with van der Waals surface area (Å²) in [5, 5.41) is 5.05. The van der Waals surface area contributed by atoms with E-state index in [1.54, 1.807) is 37.3 Å². The van der Waals surface area contributed by atoms with Gasteiger partial charge in [0.25, 0.3) is 0 Å². The Morgan fingerprint density at radius 3 is 2.00 bits per heavy atom. The van der Waals surface area contributed by atoms with Crippen LogP contribution < -0.4 is 10.6 Å².